The summed E-state index contributed by atoms with van der Waals surface area (Å²) in [6.07, 6.45) is 0. The van der Waals surface area contributed by atoms with E-state index in [0.29, 0.717) is 5.56 Å². The highest BCUT2D eigenvalue weighted by atomic mass is 16.6. The third kappa shape index (κ3) is 2.91. The lowest BCUT2D eigenvalue weighted by Crippen LogP contribution is -2.25. The van der Waals surface area contributed by atoms with Crippen molar-refractivity contribution in [2.75, 3.05) is 11.1 Å². The lowest BCUT2D eigenvalue weighted by atomic mass is 9.82. The van der Waals surface area contributed by atoms with Crippen LogP contribution in [0, 0.1) is 17.0 Å². The smallest absolute Gasteiger partial charge is 0.272 e. The molecule has 0 radical (unpaired) electrons. The van der Waals surface area contributed by atoms with Gasteiger partial charge in [0, 0.05) is 34.0 Å². The molecule has 0 aromatic heterocycles. The van der Waals surface area contributed by atoms with Gasteiger partial charge in [-0.1, -0.05) is 24.3 Å². The number of nitro groups is 1. The molecule has 0 saturated heterocycles. The van der Waals surface area contributed by atoms with Crippen LogP contribution in [0.25, 0.3) is 0 Å². The van der Waals surface area contributed by atoms with E-state index in [-0.39, 0.29) is 50.7 Å². The number of nitrogens with two attached hydrogens (primary N) is 1. The Morgan fingerprint density at radius 1 is 0.967 bits per heavy atom. The molecule has 0 aliphatic heterocycles. The molecule has 8 nitrogen and oxygen atoms in total. The largest absolute Gasteiger partial charge is 0.398 e. The summed E-state index contributed by atoms with van der Waals surface area (Å²) in [6, 6.07) is 13.2. The summed E-state index contributed by atoms with van der Waals surface area (Å²) in [6.45, 7) is 1.53. The second-order valence-corrected chi connectivity index (χ2v) is 6.87. The highest BCUT2D eigenvalue weighted by Crippen LogP contribution is 2.34. The number of hydrogen-bond acceptors (Lipinski definition) is 6. The van der Waals surface area contributed by atoms with Gasteiger partial charge >= 0.3 is 0 Å². The Bertz CT molecular complexity index is 1280. The van der Waals surface area contributed by atoms with Crippen molar-refractivity contribution in [1.29, 1.82) is 0 Å². The first-order valence-corrected chi connectivity index (χ1v) is 8.97. The summed E-state index contributed by atoms with van der Waals surface area (Å²) < 4.78 is 0. The standard InChI is InChI=1S/C22H15N3O5/c1-11-10-12(8-9-17(11)25(29)30)22(28)24-16-7-3-5-14-19(16)21(27)13-4-2-6-15(23)18(13)20(14)26/h2-10H,23H2,1H3,(H,24,28). The average molecular weight is 401 g/mol. The molecule has 3 aromatic rings. The summed E-state index contributed by atoms with van der Waals surface area (Å²) in [5, 5.41) is 13.6. The van der Waals surface area contributed by atoms with Crippen molar-refractivity contribution in [1.82, 2.24) is 0 Å². The van der Waals surface area contributed by atoms with Gasteiger partial charge in [0.2, 0.25) is 0 Å². The molecule has 0 bridgehead atoms. The van der Waals surface area contributed by atoms with Crippen LogP contribution in [0.5, 0.6) is 0 Å². The number of nitrogens with one attached hydrogen (secondary N) is 1. The van der Waals surface area contributed by atoms with Crippen molar-refractivity contribution >= 4 is 34.5 Å². The molecule has 0 atom stereocenters. The fourth-order valence-electron chi connectivity index (χ4n) is 3.57. The molecule has 0 saturated carbocycles. The van der Waals surface area contributed by atoms with E-state index in [2.05, 4.69) is 5.32 Å². The molecule has 1 aliphatic rings. The molecule has 1 aliphatic carbocycles. The Labute approximate surface area is 170 Å². The van der Waals surface area contributed by atoms with Gasteiger partial charge < -0.3 is 11.1 Å². The first-order chi connectivity index (χ1) is 14.3. The van der Waals surface area contributed by atoms with Gasteiger partial charge in [0.05, 0.1) is 21.7 Å². The number of nitrogen functional groups attached to an aromatic ring is 1. The molecular formula is C22H15N3O5. The van der Waals surface area contributed by atoms with Crippen LogP contribution in [0.4, 0.5) is 17.1 Å². The fourth-order valence-corrected chi connectivity index (χ4v) is 3.57. The summed E-state index contributed by atoms with van der Waals surface area (Å²) >= 11 is 0. The van der Waals surface area contributed by atoms with Gasteiger partial charge in [-0.05, 0) is 31.2 Å². The van der Waals surface area contributed by atoms with Gasteiger partial charge in [-0.2, -0.15) is 0 Å². The van der Waals surface area contributed by atoms with Gasteiger partial charge in [0.1, 0.15) is 0 Å². The molecule has 0 spiro atoms. The number of benzene rings is 3. The lowest BCUT2D eigenvalue weighted by molar-refractivity contribution is -0.385. The van der Waals surface area contributed by atoms with Gasteiger partial charge in [-0.3, -0.25) is 24.5 Å². The van der Waals surface area contributed by atoms with E-state index in [9.17, 15) is 24.5 Å². The van der Waals surface area contributed by atoms with Crippen LogP contribution in [-0.2, 0) is 0 Å². The quantitative estimate of drug-likeness (QED) is 0.307. The Balaban J connectivity index is 1.74. The zero-order valence-corrected chi connectivity index (χ0v) is 15.8. The van der Waals surface area contributed by atoms with E-state index in [4.69, 9.17) is 5.73 Å². The number of rotatable bonds is 3. The van der Waals surface area contributed by atoms with Gasteiger partial charge in [0.15, 0.2) is 11.6 Å². The Hall–Kier alpha value is -4.33. The van der Waals surface area contributed by atoms with Crippen LogP contribution < -0.4 is 11.1 Å². The molecule has 30 heavy (non-hydrogen) atoms. The highest BCUT2D eigenvalue weighted by molar-refractivity contribution is 6.32. The topological polar surface area (TPSA) is 132 Å². The van der Waals surface area contributed by atoms with Crippen LogP contribution in [0.1, 0.15) is 47.8 Å². The molecule has 0 heterocycles. The molecule has 0 unspecified atom stereocenters. The number of aryl methyl sites for hydroxylation is 1. The molecule has 3 aromatic carbocycles. The zero-order chi connectivity index (χ0) is 21.6. The minimum absolute atomic E-state index is 0.0904. The minimum atomic E-state index is -0.556. The molecule has 4 rings (SSSR count). The summed E-state index contributed by atoms with van der Waals surface area (Å²) in [5.41, 5.74) is 7.31. The number of nitrogens with zero attached hydrogens (tertiary/aromatic N) is 1. The zero-order valence-electron chi connectivity index (χ0n) is 15.8. The van der Waals surface area contributed by atoms with Gasteiger partial charge in [0.25, 0.3) is 11.6 Å². The number of anilines is 2. The van der Waals surface area contributed by atoms with Crippen molar-refractivity contribution in [2.45, 2.75) is 6.92 Å². The van der Waals surface area contributed by atoms with Crippen molar-refractivity contribution in [3.8, 4) is 0 Å². The number of fused-ring (bicyclic) bond motifs is 2. The normalized spacial score (nSPS) is 12.2. The predicted octanol–water partition coefficient (Wildman–Crippen LogP) is 3.51. The molecule has 3 N–H and O–H groups in total. The van der Waals surface area contributed by atoms with E-state index < -0.39 is 16.6 Å². The Morgan fingerprint density at radius 3 is 2.27 bits per heavy atom. The van der Waals surface area contributed by atoms with Crippen molar-refractivity contribution in [3.63, 3.8) is 0 Å². The fraction of sp³-hybridized carbons (Fsp3) is 0.0455. The monoisotopic (exact) mass is 401 g/mol. The second-order valence-electron chi connectivity index (χ2n) is 6.87. The number of carbonyl (C=O) groups excluding carboxylic acids is 3. The summed E-state index contributed by atoms with van der Waals surface area (Å²) in [5.74, 6) is -1.36. The van der Waals surface area contributed by atoms with Crippen LogP contribution in [0.3, 0.4) is 0 Å². The van der Waals surface area contributed by atoms with E-state index in [1.54, 1.807) is 18.2 Å². The highest BCUT2D eigenvalue weighted by Gasteiger charge is 2.33. The van der Waals surface area contributed by atoms with Crippen LogP contribution in [0.15, 0.2) is 54.6 Å². The Morgan fingerprint density at radius 2 is 1.60 bits per heavy atom. The Kier molecular flexibility index (Phi) is 4.39. The molecule has 0 fully saturated rings. The predicted molar refractivity (Wildman–Crippen MR) is 110 cm³/mol. The van der Waals surface area contributed by atoms with Crippen LogP contribution in [-0.4, -0.2) is 22.4 Å². The number of nitro benzene ring substituents is 1. The van der Waals surface area contributed by atoms with E-state index >= 15 is 0 Å². The maximum Gasteiger partial charge on any atom is 0.272 e. The van der Waals surface area contributed by atoms with E-state index in [1.165, 1.54) is 43.3 Å². The molecule has 8 heteroatoms. The van der Waals surface area contributed by atoms with E-state index in [0.717, 1.165) is 0 Å². The van der Waals surface area contributed by atoms with Gasteiger partial charge in [-0.15, -0.1) is 0 Å². The molecule has 148 valence electrons. The second kappa shape index (κ2) is 6.93. The lowest BCUT2D eigenvalue weighted by Gasteiger charge is -2.21. The summed E-state index contributed by atoms with van der Waals surface area (Å²) in [4.78, 5) is 49.2. The van der Waals surface area contributed by atoms with Crippen molar-refractivity contribution in [2.24, 2.45) is 0 Å². The molecule has 1 amide bonds. The average Bonchev–Trinajstić information content (AvgIpc) is 2.71. The maximum absolute atomic E-state index is 13.1. The minimum Gasteiger partial charge on any atom is -0.398 e. The number of ketones is 2. The van der Waals surface area contributed by atoms with E-state index in [1.807, 2.05) is 0 Å². The first kappa shape index (κ1) is 19.0. The van der Waals surface area contributed by atoms with Crippen LogP contribution in [0.2, 0.25) is 0 Å². The van der Waals surface area contributed by atoms with Gasteiger partial charge in [-0.25, -0.2) is 0 Å². The number of hydrogen-bond donors (Lipinski definition) is 2. The first-order valence-electron chi connectivity index (χ1n) is 8.97. The van der Waals surface area contributed by atoms with Crippen molar-refractivity contribution in [3.05, 3.63) is 98.1 Å². The summed E-state index contributed by atoms with van der Waals surface area (Å²) in [7, 11) is 0. The maximum atomic E-state index is 13.1. The third-order valence-corrected chi connectivity index (χ3v) is 5.01. The van der Waals surface area contributed by atoms with Crippen molar-refractivity contribution < 1.29 is 19.3 Å². The SMILES string of the molecule is Cc1cc(C(=O)Nc2cccc3c2C(=O)c2cccc(N)c2C3=O)ccc1[N+](=O)[O-]. The number of carbonyl (C=O) groups is 3. The molecular weight excluding hydrogens is 386 g/mol. The third-order valence-electron chi connectivity index (χ3n) is 5.01. The van der Waals surface area contributed by atoms with Crippen LogP contribution >= 0.6 is 0 Å². The number of amides is 1.